The predicted octanol–water partition coefficient (Wildman–Crippen LogP) is 1.31. The topological polar surface area (TPSA) is 82.6 Å². The summed E-state index contributed by atoms with van der Waals surface area (Å²) in [4.78, 5) is 5.01. The van der Waals surface area contributed by atoms with E-state index in [9.17, 15) is 0 Å². The first-order chi connectivity index (χ1) is 12.5. The number of hydrogen-bond donors (Lipinski definition) is 4. The second-order valence-corrected chi connectivity index (χ2v) is 7.36. The molecule has 0 atom stereocenters. The number of likely N-dealkylation sites (tertiary alicyclic amines) is 2. The molecule has 0 unspecified atom stereocenters. The van der Waals surface area contributed by atoms with Gasteiger partial charge in [-0.15, -0.1) is 0 Å². The number of rotatable bonds is 4. The van der Waals surface area contributed by atoms with Crippen molar-refractivity contribution in [1.29, 1.82) is 0 Å². The van der Waals surface area contributed by atoms with Gasteiger partial charge in [-0.05, 0) is 106 Å². The van der Waals surface area contributed by atoms with Gasteiger partial charge in [-0.2, -0.15) is 0 Å². The fourth-order valence-corrected chi connectivity index (χ4v) is 2.99. The maximum Gasteiger partial charge on any atom is 0.00631 e. The van der Waals surface area contributed by atoms with E-state index in [1.54, 1.807) is 0 Å². The molecule has 2 fully saturated rings. The highest BCUT2D eigenvalue weighted by atomic mass is 15.1. The summed E-state index contributed by atoms with van der Waals surface area (Å²) in [6, 6.07) is 0.959. The van der Waals surface area contributed by atoms with Gasteiger partial charge in [-0.3, -0.25) is 0 Å². The Hall–Kier alpha value is -0.240. The highest BCUT2D eigenvalue weighted by molar-refractivity contribution is 4.74. The van der Waals surface area contributed by atoms with Crippen LogP contribution in [0.1, 0.15) is 52.4 Å². The first kappa shape index (κ1) is 28.0. The van der Waals surface area contributed by atoms with E-state index in [-0.39, 0.29) is 0 Å². The molecule has 0 bridgehead atoms. The molecule has 6 N–H and O–H groups in total. The zero-order chi connectivity index (χ0) is 20.2. The van der Waals surface area contributed by atoms with Crippen molar-refractivity contribution in [2.45, 2.75) is 64.5 Å². The minimum Gasteiger partial charge on any atom is -0.328 e. The van der Waals surface area contributed by atoms with Gasteiger partial charge >= 0.3 is 0 Å². The maximum atomic E-state index is 5.77. The van der Waals surface area contributed by atoms with Crippen LogP contribution in [0.15, 0.2) is 0 Å². The smallest absolute Gasteiger partial charge is 0.00631 e. The number of piperidine rings is 2. The van der Waals surface area contributed by atoms with Crippen molar-refractivity contribution >= 4 is 0 Å². The third kappa shape index (κ3) is 18.5. The third-order valence-electron chi connectivity index (χ3n) is 4.34. The molecule has 0 aromatic rings. The lowest BCUT2D eigenvalue weighted by Crippen LogP contribution is -2.39. The van der Waals surface area contributed by atoms with Crippen LogP contribution in [0.5, 0.6) is 0 Å². The molecule has 0 aromatic carbocycles. The van der Waals surface area contributed by atoms with Crippen LogP contribution in [-0.4, -0.2) is 89.3 Å². The van der Waals surface area contributed by atoms with Crippen molar-refractivity contribution in [2.75, 3.05) is 67.5 Å². The first-order valence-corrected chi connectivity index (χ1v) is 10.6. The van der Waals surface area contributed by atoms with Gasteiger partial charge in [0.05, 0.1) is 0 Å². The van der Waals surface area contributed by atoms with Crippen molar-refractivity contribution in [3.05, 3.63) is 0 Å². The molecule has 0 spiro atoms. The van der Waals surface area contributed by atoms with Crippen LogP contribution >= 0.6 is 0 Å². The van der Waals surface area contributed by atoms with Crippen molar-refractivity contribution in [1.82, 2.24) is 20.4 Å². The van der Waals surface area contributed by atoms with E-state index < -0.39 is 0 Å². The third-order valence-corrected chi connectivity index (χ3v) is 4.34. The Balaban J connectivity index is 0. The minimum absolute atomic E-state index is 0.480. The molecule has 6 heteroatoms. The standard InChI is InChI=1S/2C8H18N2.2C2H7N/c2*1-2-5-10-6-3-8(9)4-7-10;2*1-3-2/h2*8H,2-7,9H2,1H3;2*3H,1-2H3. The Bertz CT molecular complexity index is 223. The highest BCUT2D eigenvalue weighted by Gasteiger charge is 2.14. The molecule has 0 aliphatic carbocycles. The summed E-state index contributed by atoms with van der Waals surface area (Å²) in [6.07, 6.45) is 7.32. The van der Waals surface area contributed by atoms with Gasteiger partial charge in [0.15, 0.2) is 0 Å². The maximum absolute atomic E-state index is 5.77. The summed E-state index contributed by atoms with van der Waals surface area (Å²) in [5.41, 5.74) is 11.5. The van der Waals surface area contributed by atoms with Gasteiger partial charge in [0.25, 0.3) is 0 Å². The molecule has 0 saturated carbocycles. The van der Waals surface area contributed by atoms with E-state index in [0.717, 1.165) is 0 Å². The summed E-state index contributed by atoms with van der Waals surface area (Å²) in [6.45, 7) is 11.8. The first-order valence-electron chi connectivity index (χ1n) is 10.6. The molecular formula is C20H50N6. The molecule has 2 aliphatic rings. The zero-order valence-corrected chi connectivity index (χ0v) is 18.7. The average Bonchev–Trinajstić information content (AvgIpc) is 2.61. The van der Waals surface area contributed by atoms with Gasteiger partial charge < -0.3 is 31.9 Å². The summed E-state index contributed by atoms with van der Waals surface area (Å²) < 4.78 is 0. The molecule has 0 aromatic heterocycles. The lowest BCUT2D eigenvalue weighted by Gasteiger charge is -2.29. The van der Waals surface area contributed by atoms with Gasteiger partial charge in [-0.1, -0.05) is 13.8 Å². The molecule has 2 rings (SSSR count). The fourth-order valence-electron chi connectivity index (χ4n) is 2.99. The van der Waals surface area contributed by atoms with E-state index >= 15 is 0 Å². The van der Waals surface area contributed by atoms with Gasteiger partial charge in [0.1, 0.15) is 0 Å². The van der Waals surface area contributed by atoms with Crippen LogP contribution in [0.4, 0.5) is 0 Å². The fraction of sp³-hybridized carbons (Fsp3) is 1.00. The molecule has 26 heavy (non-hydrogen) atoms. The predicted molar refractivity (Wildman–Crippen MR) is 118 cm³/mol. The Morgan fingerprint density at radius 1 is 0.654 bits per heavy atom. The number of nitrogens with zero attached hydrogens (tertiary/aromatic N) is 2. The minimum atomic E-state index is 0.480. The summed E-state index contributed by atoms with van der Waals surface area (Å²) in [7, 11) is 7.50. The highest BCUT2D eigenvalue weighted by Crippen LogP contribution is 2.08. The monoisotopic (exact) mass is 374 g/mol. The van der Waals surface area contributed by atoms with Crippen LogP contribution in [-0.2, 0) is 0 Å². The van der Waals surface area contributed by atoms with Crippen LogP contribution < -0.4 is 22.1 Å². The van der Waals surface area contributed by atoms with Crippen LogP contribution in [0, 0.1) is 0 Å². The average molecular weight is 375 g/mol. The largest absolute Gasteiger partial charge is 0.328 e. The number of hydrogen-bond acceptors (Lipinski definition) is 6. The molecule has 6 nitrogen and oxygen atoms in total. The van der Waals surface area contributed by atoms with E-state index in [1.165, 1.54) is 77.8 Å². The second-order valence-electron chi connectivity index (χ2n) is 7.36. The van der Waals surface area contributed by atoms with Crippen LogP contribution in [0.3, 0.4) is 0 Å². The van der Waals surface area contributed by atoms with Crippen LogP contribution in [0.25, 0.3) is 0 Å². The Kier molecular flexibility index (Phi) is 22.7. The molecule has 0 amide bonds. The van der Waals surface area contributed by atoms with E-state index in [0.29, 0.717) is 12.1 Å². The van der Waals surface area contributed by atoms with Crippen molar-refractivity contribution in [3.8, 4) is 0 Å². The molecule has 2 heterocycles. The number of nitrogens with one attached hydrogen (secondary N) is 2. The van der Waals surface area contributed by atoms with Crippen molar-refractivity contribution in [2.24, 2.45) is 11.5 Å². The Labute approximate surface area is 164 Å². The zero-order valence-electron chi connectivity index (χ0n) is 18.7. The quantitative estimate of drug-likeness (QED) is 0.594. The lowest BCUT2D eigenvalue weighted by atomic mass is 10.1. The second kappa shape index (κ2) is 21.1. The molecule has 0 radical (unpaired) electrons. The summed E-state index contributed by atoms with van der Waals surface area (Å²) in [5, 5.41) is 5.50. The molecular weight excluding hydrogens is 324 g/mol. The van der Waals surface area contributed by atoms with E-state index in [4.69, 9.17) is 11.5 Å². The van der Waals surface area contributed by atoms with E-state index in [1.807, 2.05) is 28.2 Å². The van der Waals surface area contributed by atoms with Gasteiger partial charge in [0.2, 0.25) is 0 Å². The molecule has 160 valence electrons. The van der Waals surface area contributed by atoms with Crippen LogP contribution in [0.2, 0.25) is 0 Å². The summed E-state index contributed by atoms with van der Waals surface area (Å²) in [5.74, 6) is 0. The summed E-state index contributed by atoms with van der Waals surface area (Å²) >= 11 is 0. The number of nitrogens with two attached hydrogens (primary N) is 2. The molecule has 2 saturated heterocycles. The Morgan fingerprint density at radius 3 is 1.08 bits per heavy atom. The van der Waals surface area contributed by atoms with Crippen molar-refractivity contribution in [3.63, 3.8) is 0 Å². The van der Waals surface area contributed by atoms with Gasteiger partial charge in [0, 0.05) is 12.1 Å². The normalized spacial score (nSPS) is 19.4. The van der Waals surface area contributed by atoms with Crippen molar-refractivity contribution < 1.29 is 0 Å². The SMILES string of the molecule is CCCN1CCC(N)CC1.CCCN1CCC(N)CC1.CNC.CNC. The lowest BCUT2D eigenvalue weighted by molar-refractivity contribution is 0.214. The molecule has 2 aliphatic heterocycles. The van der Waals surface area contributed by atoms with Gasteiger partial charge in [-0.25, -0.2) is 0 Å². The van der Waals surface area contributed by atoms with E-state index in [2.05, 4.69) is 34.3 Å². The Morgan fingerprint density at radius 2 is 0.885 bits per heavy atom.